The molecule has 0 saturated carbocycles. The van der Waals surface area contributed by atoms with Gasteiger partial charge in [-0.25, -0.2) is 9.97 Å². The Morgan fingerprint density at radius 3 is 2.67 bits per heavy atom. The standard InChI is InChI=1S/C18H20F3N5O/c19-18(20,21)15-7-8-23-17(25-15)24-10-12-3-5-14(6-4-12)26-9-1-2-13(11-26)16(22)27/h3-8,13H,1-2,9-11H2,(H2,22,27)(H,23,24,25)/t13-/m0/s1. The van der Waals surface area contributed by atoms with E-state index >= 15 is 0 Å². The molecular weight excluding hydrogens is 359 g/mol. The first-order valence-electron chi connectivity index (χ1n) is 8.60. The third kappa shape index (κ3) is 4.87. The van der Waals surface area contributed by atoms with Gasteiger partial charge in [0.1, 0.15) is 5.69 Å². The van der Waals surface area contributed by atoms with Crippen molar-refractivity contribution in [2.45, 2.75) is 25.6 Å². The van der Waals surface area contributed by atoms with Crippen LogP contribution in [0.3, 0.4) is 0 Å². The summed E-state index contributed by atoms with van der Waals surface area (Å²) in [7, 11) is 0. The van der Waals surface area contributed by atoms with Crippen LogP contribution in [0.2, 0.25) is 0 Å². The zero-order chi connectivity index (χ0) is 19.4. The van der Waals surface area contributed by atoms with Gasteiger partial charge in [0.05, 0.1) is 5.92 Å². The molecule has 2 aromatic rings. The quantitative estimate of drug-likeness (QED) is 0.835. The molecule has 1 aromatic heterocycles. The lowest BCUT2D eigenvalue weighted by Crippen LogP contribution is -2.41. The molecule has 144 valence electrons. The monoisotopic (exact) mass is 379 g/mol. The number of amides is 1. The summed E-state index contributed by atoms with van der Waals surface area (Å²) in [6, 6.07) is 8.44. The van der Waals surface area contributed by atoms with Crippen LogP contribution in [0.25, 0.3) is 0 Å². The second-order valence-electron chi connectivity index (χ2n) is 6.47. The molecule has 27 heavy (non-hydrogen) atoms. The normalized spacial score (nSPS) is 17.6. The SMILES string of the molecule is NC(=O)[C@H]1CCCN(c2ccc(CNc3nccc(C(F)(F)F)n3)cc2)C1. The Morgan fingerprint density at radius 1 is 1.26 bits per heavy atom. The molecule has 1 aliphatic heterocycles. The number of carbonyl (C=O) groups is 1. The average molecular weight is 379 g/mol. The van der Waals surface area contributed by atoms with Crippen molar-refractivity contribution in [3.63, 3.8) is 0 Å². The van der Waals surface area contributed by atoms with Gasteiger partial charge in [-0.3, -0.25) is 4.79 Å². The molecule has 1 saturated heterocycles. The van der Waals surface area contributed by atoms with Crippen LogP contribution >= 0.6 is 0 Å². The van der Waals surface area contributed by atoms with Gasteiger partial charge < -0.3 is 16.0 Å². The summed E-state index contributed by atoms with van der Waals surface area (Å²) >= 11 is 0. The number of anilines is 2. The largest absolute Gasteiger partial charge is 0.433 e. The minimum Gasteiger partial charge on any atom is -0.371 e. The van der Waals surface area contributed by atoms with Crippen molar-refractivity contribution in [3.05, 3.63) is 47.8 Å². The number of nitrogens with one attached hydrogen (secondary N) is 1. The molecule has 1 amide bonds. The molecule has 1 aromatic carbocycles. The summed E-state index contributed by atoms with van der Waals surface area (Å²) in [6.07, 6.45) is -1.71. The lowest BCUT2D eigenvalue weighted by molar-refractivity contribution is -0.141. The van der Waals surface area contributed by atoms with Gasteiger partial charge >= 0.3 is 6.18 Å². The number of hydrogen-bond acceptors (Lipinski definition) is 5. The van der Waals surface area contributed by atoms with Gasteiger partial charge in [-0.1, -0.05) is 12.1 Å². The zero-order valence-corrected chi connectivity index (χ0v) is 14.5. The van der Waals surface area contributed by atoms with Crippen molar-refractivity contribution in [1.29, 1.82) is 0 Å². The third-order valence-electron chi connectivity index (χ3n) is 4.52. The van der Waals surface area contributed by atoms with E-state index in [9.17, 15) is 18.0 Å². The van der Waals surface area contributed by atoms with Crippen LogP contribution in [0.1, 0.15) is 24.1 Å². The number of halogens is 3. The highest BCUT2D eigenvalue weighted by atomic mass is 19.4. The van der Waals surface area contributed by atoms with Crippen molar-refractivity contribution >= 4 is 17.5 Å². The Labute approximate surface area is 154 Å². The fourth-order valence-electron chi connectivity index (χ4n) is 3.05. The van der Waals surface area contributed by atoms with Gasteiger partial charge in [0, 0.05) is 31.5 Å². The van der Waals surface area contributed by atoms with Gasteiger partial charge in [-0.2, -0.15) is 13.2 Å². The second-order valence-corrected chi connectivity index (χ2v) is 6.47. The van der Waals surface area contributed by atoms with Gasteiger partial charge in [-0.15, -0.1) is 0 Å². The van der Waals surface area contributed by atoms with Gasteiger partial charge in [0.2, 0.25) is 11.9 Å². The van der Waals surface area contributed by atoms with E-state index in [1.807, 2.05) is 24.3 Å². The molecule has 0 radical (unpaired) electrons. The van der Waals surface area contributed by atoms with E-state index < -0.39 is 11.9 Å². The Balaban J connectivity index is 1.61. The summed E-state index contributed by atoms with van der Waals surface area (Å²) in [5.41, 5.74) is 6.29. The zero-order valence-electron chi connectivity index (χ0n) is 14.5. The maximum Gasteiger partial charge on any atom is 0.433 e. The molecular formula is C18H20F3N5O. The number of hydrogen-bond donors (Lipinski definition) is 2. The van der Waals surface area contributed by atoms with Gasteiger partial charge in [0.15, 0.2) is 0 Å². The fourth-order valence-corrected chi connectivity index (χ4v) is 3.05. The molecule has 6 nitrogen and oxygen atoms in total. The molecule has 0 aliphatic carbocycles. The van der Waals surface area contributed by atoms with Crippen LogP contribution in [0.4, 0.5) is 24.8 Å². The van der Waals surface area contributed by atoms with Crippen molar-refractivity contribution in [2.75, 3.05) is 23.3 Å². The summed E-state index contributed by atoms with van der Waals surface area (Å²) in [5.74, 6) is -0.492. The van der Waals surface area contributed by atoms with Crippen molar-refractivity contribution in [3.8, 4) is 0 Å². The number of nitrogens with zero attached hydrogens (tertiary/aromatic N) is 3. The van der Waals surface area contributed by atoms with E-state index in [2.05, 4.69) is 20.2 Å². The molecule has 9 heteroatoms. The summed E-state index contributed by atoms with van der Waals surface area (Å²) in [4.78, 5) is 20.8. The summed E-state index contributed by atoms with van der Waals surface area (Å²) < 4.78 is 38.0. The first-order valence-corrected chi connectivity index (χ1v) is 8.60. The summed E-state index contributed by atoms with van der Waals surface area (Å²) in [5, 5.41) is 2.80. The Kier molecular flexibility index (Phi) is 5.48. The van der Waals surface area contributed by atoms with E-state index in [-0.39, 0.29) is 17.8 Å². The van der Waals surface area contributed by atoms with Crippen LogP contribution in [-0.4, -0.2) is 29.0 Å². The number of nitrogens with two attached hydrogens (primary N) is 1. The molecule has 0 unspecified atom stereocenters. The lowest BCUT2D eigenvalue weighted by atomic mass is 9.97. The minimum absolute atomic E-state index is 0.0748. The van der Waals surface area contributed by atoms with E-state index in [1.54, 1.807) is 0 Å². The minimum atomic E-state index is -4.50. The fraction of sp³-hybridized carbons (Fsp3) is 0.389. The molecule has 1 fully saturated rings. The van der Waals surface area contributed by atoms with Crippen molar-refractivity contribution in [2.24, 2.45) is 11.7 Å². The molecule has 3 rings (SSSR count). The van der Waals surface area contributed by atoms with E-state index in [4.69, 9.17) is 5.73 Å². The van der Waals surface area contributed by atoms with Crippen molar-refractivity contribution in [1.82, 2.24) is 9.97 Å². The number of piperidine rings is 1. The summed E-state index contributed by atoms with van der Waals surface area (Å²) in [6.45, 7) is 1.76. The Bertz CT molecular complexity index is 794. The molecule has 1 aliphatic rings. The highest BCUT2D eigenvalue weighted by molar-refractivity contribution is 5.77. The van der Waals surface area contributed by atoms with Crippen molar-refractivity contribution < 1.29 is 18.0 Å². The average Bonchev–Trinajstić information content (AvgIpc) is 2.66. The molecule has 0 bridgehead atoms. The van der Waals surface area contributed by atoms with Gasteiger partial charge in [-0.05, 0) is 36.6 Å². The number of rotatable bonds is 5. The molecule has 0 spiro atoms. The third-order valence-corrected chi connectivity index (χ3v) is 4.52. The van der Waals surface area contributed by atoms with E-state index in [1.165, 1.54) is 0 Å². The van der Waals surface area contributed by atoms with Crippen LogP contribution in [0, 0.1) is 5.92 Å². The van der Waals surface area contributed by atoms with Crippen LogP contribution in [0.15, 0.2) is 36.5 Å². The van der Waals surface area contributed by atoms with Crippen LogP contribution in [0.5, 0.6) is 0 Å². The smallest absolute Gasteiger partial charge is 0.371 e. The predicted octanol–water partition coefficient (Wildman–Crippen LogP) is 2.81. The Hall–Kier alpha value is -2.84. The van der Waals surface area contributed by atoms with E-state index in [0.29, 0.717) is 13.1 Å². The Morgan fingerprint density at radius 2 is 2.00 bits per heavy atom. The molecule has 2 heterocycles. The van der Waals surface area contributed by atoms with Crippen LogP contribution < -0.4 is 16.0 Å². The number of primary amides is 1. The van der Waals surface area contributed by atoms with Gasteiger partial charge in [0.25, 0.3) is 0 Å². The van der Waals surface area contributed by atoms with Crippen LogP contribution in [-0.2, 0) is 17.5 Å². The highest BCUT2D eigenvalue weighted by Gasteiger charge is 2.32. The molecule has 3 N–H and O–H groups in total. The molecule has 1 atom stereocenters. The number of aromatic nitrogens is 2. The highest BCUT2D eigenvalue weighted by Crippen LogP contribution is 2.27. The number of carbonyl (C=O) groups excluding carboxylic acids is 1. The second kappa shape index (κ2) is 7.81. The topological polar surface area (TPSA) is 84.1 Å². The predicted molar refractivity (Wildman–Crippen MR) is 94.9 cm³/mol. The number of benzene rings is 1. The van der Waals surface area contributed by atoms with E-state index in [0.717, 1.165) is 42.9 Å². The first-order chi connectivity index (χ1) is 12.8. The number of alkyl halides is 3. The first kappa shape index (κ1) is 18.9. The maximum atomic E-state index is 12.7. The maximum absolute atomic E-state index is 12.7. The lowest BCUT2D eigenvalue weighted by Gasteiger charge is -2.33.